The summed E-state index contributed by atoms with van der Waals surface area (Å²) in [5, 5.41) is 0. The number of hydrogen-bond donors (Lipinski definition) is 1. The van der Waals surface area contributed by atoms with E-state index in [1.165, 1.54) is 0 Å². The van der Waals surface area contributed by atoms with Gasteiger partial charge in [0, 0.05) is 0 Å². The van der Waals surface area contributed by atoms with E-state index < -0.39 is 5.97 Å². The molecular formula is C7H8NNaO2. The van der Waals surface area contributed by atoms with Crippen molar-refractivity contribution in [2.75, 3.05) is 0 Å². The van der Waals surface area contributed by atoms with Crippen molar-refractivity contribution in [2.24, 2.45) is 5.90 Å². The normalized spacial score (nSPS) is 8.09. The Balaban J connectivity index is 0. The Morgan fingerprint density at radius 3 is 2.36 bits per heavy atom. The SMILES string of the molecule is NOC(=O)c1ccccc1.[H-].[Na+]. The maximum atomic E-state index is 10.7. The second-order valence-electron chi connectivity index (χ2n) is 1.77. The van der Waals surface area contributed by atoms with E-state index in [9.17, 15) is 4.79 Å². The second-order valence-corrected chi connectivity index (χ2v) is 1.77. The van der Waals surface area contributed by atoms with E-state index in [4.69, 9.17) is 0 Å². The van der Waals surface area contributed by atoms with Crippen molar-refractivity contribution in [2.45, 2.75) is 0 Å². The molecule has 0 aliphatic rings. The van der Waals surface area contributed by atoms with E-state index in [0.29, 0.717) is 5.56 Å². The van der Waals surface area contributed by atoms with E-state index in [0.717, 1.165) is 0 Å². The molecule has 0 saturated carbocycles. The topological polar surface area (TPSA) is 52.3 Å². The molecule has 54 valence electrons. The minimum absolute atomic E-state index is 0. The van der Waals surface area contributed by atoms with Gasteiger partial charge in [-0.25, -0.2) is 4.79 Å². The fourth-order valence-corrected chi connectivity index (χ4v) is 0.642. The zero-order valence-electron chi connectivity index (χ0n) is 7.28. The predicted octanol–water partition coefficient (Wildman–Crippen LogP) is -2.17. The molecule has 0 saturated heterocycles. The molecule has 0 atom stereocenters. The number of hydrogen-bond acceptors (Lipinski definition) is 3. The first-order chi connectivity index (χ1) is 4.84. The van der Waals surface area contributed by atoms with Crippen LogP contribution in [0.2, 0.25) is 0 Å². The maximum Gasteiger partial charge on any atom is 1.00 e. The van der Waals surface area contributed by atoms with Crippen molar-refractivity contribution >= 4 is 5.97 Å². The van der Waals surface area contributed by atoms with Gasteiger partial charge in [-0.2, -0.15) is 5.90 Å². The number of benzene rings is 1. The molecule has 0 amide bonds. The Morgan fingerprint density at radius 2 is 1.91 bits per heavy atom. The molecule has 0 radical (unpaired) electrons. The summed E-state index contributed by atoms with van der Waals surface area (Å²) in [6.07, 6.45) is 0. The quantitative estimate of drug-likeness (QED) is 0.377. The summed E-state index contributed by atoms with van der Waals surface area (Å²) in [5.41, 5.74) is 0.463. The van der Waals surface area contributed by atoms with Crippen LogP contribution in [0, 0.1) is 0 Å². The minimum atomic E-state index is -0.513. The van der Waals surface area contributed by atoms with Crippen molar-refractivity contribution < 1.29 is 40.6 Å². The van der Waals surface area contributed by atoms with Crippen LogP contribution < -0.4 is 35.5 Å². The van der Waals surface area contributed by atoms with Crippen LogP contribution >= 0.6 is 0 Å². The predicted molar refractivity (Wildman–Crippen MR) is 37.2 cm³/mol. The number of carbonyl (C=O) groups is 1. The molecule has 11 heavy (non-hydrogen) atoms. The summed E-state index contributed by atoms with van der Waals surface area (Å²) in [6, 6.07) is 8.57. The van der Waals surface area contributed by atoms with E-state index in [1.807, 2.05) is 6.07 Å². The van der Waals surface area contributed by atoms with Gasteiger partial charge in [-0.1, -0.05) is 18.2 Å². The fraction of sp³-hybridized carbons (Fsp3) is 0. The van der Waals surface area contributed by atoms with E-state index in [1.54, 1.807) is 24.3 Å². The van der Waals surface area contributed by atoms with Crippen molar-refractivity contribution in [1.29, 1.82) is 0 Å². The van der Waals surface area contributed by atoms with E-state index in [-0.39, 0.29) is 31.0 Å². The van der Waals surface area contributed by atoms with Crippen molar-refractivity contribution in [3.63, 3.8) is 0 Å². The van der Waals surface area contributed by atoms with Crippen LogP contribution in [0.5, 0.6) is 0 Å². The molecule has 0 aliphatic carbocycles. The van der Waals surface area contributed by atoms with Crippen LogP contribution in [0.3, 0.4) is 0 Å². The summed E-state index contributed by atoms with van der Waals surface area (Å²) >= 11 is 0. The van der Waals surface area contributed by atoms with Crippen LogP contribution in [0.25, 0.3) is 0 Å². The number of nitrogens with two attached hydrogens (primary N) is 1. The summed E-state index contributed by atoms with van der Waals surface area (Å²) < 4.78 is 0. The van der Waals surface area contributed by atoms with Gasteiger partial charge in [0.15, 0.2) is 0 Å². The van der Waals surface area contributed by atoms with Gasteiger partial charge in [-0.3, -0.25) is 0 Å². The zero-order chi connectivity index (χ0) is 7.40. The molecule has 0 spiro atoms. The standard InChI is InChI=1S/C7H7NO2.Na.H/c8-10-7(9)6-4-2-1-3-5-6;;/h1-5H,8H2;;/q;+1;-1. The molecule has 0 aromatic heterocycles. The Labute approximate surface area is 88.3 Å². The average Bonchev–Trinajstić information content (AvgIpc) is 2.05. The Hall–Kier alpha value is -0.350. The van der Waals surface area contributed by atoms with Gasteiger partial charge in [0.1, 0.15) is 0 Å². The average molecular weight is 161 g/mol. The van der Waals surface area contributed by atoms with E-state index >= 15 is 0 Å². The van der Waals surface area contributed by atoms with Crippen LogP contribution in [0.15, 0.2) is 30.3 Å². The second kappa shape index (κ2) is 5.32. The van der Waals surface area contributed by atoms with Crippen molar-refractivity contribution in [1.82, 2.24) is 0 Å². The molecule has 0 unspecified atom stereocenters. The molecular weight excluding hydrogens is 153 g/mol. The largest absolute Gasteiger partial charge is 1.00 e. The third-order valence-electron chi connectivity index (χ3n) is 1.12. The van der Waals surface area contributed by atoms with Crippen molar-refractivity contribution in [3.05, 3.63) is 35.9 Å². The fourth-order valence-electron chi connectivity index (χ4n) is 0.642. The van der Waals surface area contributed by atoms with Gasteiger partial charge in [0.25, 0.3) is 0 Å². The molecule has 2 N–H and O–H groups in total. The zero-order valence-corrected chi connectivity index (χ0v) is 8.28. The van der Waals surface area contributed by atoms with Crippen LogP contribution in [-0.4, -0.2) is 5.97 Å². The molecule has 0 heterocycles. The summed E-state index contributed by atoms with van der Waals surface area (Å²) in [7, 11) is 0. The monoisotopic (exact) mass is 161 g/mol. The summed E-state index contributed by atoms with van der Waals surface area (Å²) in [6.45, 7) is 0. The first kappa shape index (κ1) is 10.7. The van der Waals surface area contributed by atoms with Crippen molar-refractivity contribution in [3.8, 4) is 0 Å². The van der Waals surface area contributed by atoms with Crippen LogP contribution in [0.4, 0.5) is 0 Å². The van der Waals surface area contributed by atoms with Gasteiger partial charge in [0.2, 0.25) is 0 Å². The van der Waals surface area contributed by atoms with E-state index in [2.05, 4.69) is 10.7 Å². The molecule has 3 nitrogen and oxygen atoms in total. The Kier molecular flexibility index (Phi) is 5.15. The maximum absolute atomic E-state index is 10.7. The van der Waals surface area contributed by atoms with Gasteiger partial charge in [-0.15, -0.1) is 0 Å². The molecule has 1 aromatic carbocycles. The number of carbonyl (C=O) groups excluding carboxylic acids is 1. The van der Waals surface area contributed by atoms with Crippen LogP contribution in [0.1, 0.15) is 11.8 Å². The third-order valence-corrected chi connectivity index (χ3v) is 1.12. The first-order valence-electron chi connectivity index (χ1n) is 2.80. The summed E-state index contributed by atoms with van der Waals surface area (Å²) in [4.78, 5) is 14.7. The Morgan fingerprint density at radius 1 is 1.36 bits per heavy atom. The van der Waals surface area contributed by atoms with Gasteiger partial charge in [0.05, 0.1) is 5.56 Å². The molecule has 4 heteroatoms. The minimum Gasteiger partial charge on any atom is -1.00 e. The number of rotatable bonds is 1. The smallest absolute Gasteiger partial charge is 1.00 e. The molecule has 0 aliphatic heterocycles. The molecule has 0 bridgehead atoms. The van der Waals surface area contributed by atoms with Gasteiger partial charge < -0.3 is 6.26 Å². The Bertz CT molecular complexity index is 230. The third kappa shape index (κ3) is 3.03. The summed E-state index contributed by atoms with van der Waals surface area (Å²) in [5.74, 6) is 4.14. The molecule has 1 rings (SSSR count). The van der Waals surface area contributed by atoms with Gasteiger partial charge in [-0.05, 0) is 12.1 Å². The van der Waals surface area contributed by atoms with Crippen LogP contribution in [-0.2, 0) is 4.84 Å². The molecule has 0 fully saturated rings. The first-order valence-corrected chi connectivity index (χ1v) is 2.80. The van der Waals surface area contributed by atoms with Gasteiger partial charge >= 0.3 is 35.5 Å². The molecule has 1 aromatic rings.